The SMILES string of the molecule is Cn1cccc1CNCCN1CCCCCC1. The van der Waals surface area contributed by atoms with Crippen molar-refractivity contribution in [2.24, 2.45) is 7.05 Å². The van der Waals surface area contributed by atoms with E-state index in [-0.39, 0.29) is 0 Å². The van der Waals surface area contributed by atoms with Gasteiger partial charge < -0.3 is 14.8 Å². The van der Waals surface area contributed by atoms with Crippen molar-refractivity contribution in [1.82, 2.24) is 14.8 Å². The fourth-order valence-electron chi connectivity index (χ4n) is 2.49. The standard InChI is InChI=1S/C14H25N3/c1-16-9-6-7-14(16)13-15-8-12-17-10-4-2-3-5-11-17/h6-7,9,15H,2-5,8,10-13H2,1H3. The van der Waals surface area contributed by atoms with Crippen LogP contribution in [-0.4, -0.2) is 35.6 Å². The lowest BCUT2D eigenvalue weighted by Gasteiger charge is -2.19. The Balaban J connectivity index is 1.61. The van der Waals surface area contributed by atoms with E-state index in [4.69, 9.17) is 0 Å². The molecular formula is C14H25N3. The van der Waals surface area contributed by atoms with Gasteiger partial charge in [-0.05, 0) is 38.1 Å². The minimum atomic E-state index is 0.983. The first-order valence-corrected chi connectivity index (χ1v) is 6.89. The van der Waals surface area contributed by atoms with Gasteiger partial charge in [-0.25, -0.2) is 0 Å². The quantitative estimate of drug-likeness (QED) is 0.788. The van der Waals surface area contributed by atoms with Crippen molar-refractivity contribution in [2.75, 3.05) is 26.2 Å². The molecule has 0 radical (unpaired) electrons. The highest BCUT2D eigenvalue weighted by Crippen LogP contribution is 2.08. The molecule has 2 rings (SSSR count). The maximum Gasteiger partial charge on any atom is 0.0359 e. The molecule has 0 bridgehead atoms. The van der Waals surface area contributed by atoms with Gasteiger partial charge in [-0.15, -0.1) is 0 Å². The fourth-order valence-corrected chi connectivity index (χ4v) is 2.49. The van der Waals surface area contributed by atoms with Crippen LogP contribution in [0.3, 0.4) is 0 Å². The van der Waals surface area contributed by atoms with Crippen LogP contribution in [0.4, 0.5) is 0 Å². The summed E-state index contributed by atoms with van der Waals surface area (Å²) in [6.07, 6.45) is 7.72. The minimum Gasteiger partial charge on any atom is -0.353 e. The van der Waals surface area contributed by atoms with Gasteiger partial charge in [0.25, 0.3) is 0 Å². The van der Waals surface area contributed by atoms with Gasteiger partial charge in [-0.2, -0.15) is 0 Å². The number of likely N-dealkylation sites (tertiary alicyclic amines) is 1. The largest absolute Gasteiger partial charge is 0.353 e. The Bertz CT molecular complexity index is 311. The molecule has 0 aliphatic carbocycles. The molecule has 1 aromatic heterocycles. The van der Waals surface area contributed by atoms with E-state index in [2.05, 4.69) is 40.2 Å². The number of hydrogen-bond acceptors (Lipinski definition) is 2. The van der Waals surface area contributed by atoms with Gasteiger partial charge >= 0.3 is 0 Å². The third-order valence-electron chi connectivity index (χ3n) is 3.66. The molecule has 0 spiro atoms. The highest BCUT2D eigenvalue weighted by atomic mass is 15.1. The Morgan fingerprint density at radius 3 is 2.59 bits per heavy atom. The van der Waals surface area contributed by atoms with Crippen LogP contribution in [0.1, 0.15) is 31.4 Å². The Morgan fingerprint density at radius 2 is 1.94 bits per heavy atom. The zero-order valence-corrected chi connectivity index (χ0v) is 11.0. The predicted molar refractivity (Wildman–Crippen MR) is 72.0 cm³/mol. The van der Waals surface area contributed by atoms with Crippen LogP contribution in [0.5, 0.6) is 0 Å². The monoisotopic (exact) mass is 235 g/mol. The fraction of sp³-hybridized carbons (Fsp3) is 0.714. The predicted octanol–water partition coefficient (Wildman–Crippen LogP) is 1.99. The topological polar surface area (TPSA) is 20.2 Å². The number of aryl methyl sites for hydroxylation is 1. The number of nitrogens with one attached hydrogen (secondary N) is 1. The van der Waals surface area contributed by atoms with Gasteiger partial charge in [-0.3, -0.25) is 0 Å². The highest BCUT2D eigenvalue weighted by Gasteiger charge is 2.07. The molecule has 1 aliphatic rings. The summed E-state index contributed by atoms with van der Waals surface area (Å²) >= 11 is 0. The third kappa shape index (κ3) is 4.17. The van der Waals surface area contributed by atoms with E-state index in [1.807, 2.05) is 0 Å². The van der Waals surface area contributed by atoms with Gasteiger partial charge in [0.1, 0.15) is 0 Å². The van der Waals surface area contributed by atoms with Crippen molar-refractivity contribution in [3.8, 4) is 0 Å². The normalized spacial score (nSPS) is 18.2. The molecule has 0 saturated carbocycles. The molecule has 2 heterocycles. The van der Waals surface area contributed by atoms with Crippen LogP contribution in [0.2, 0.25) is 0 Å². The van der Waals surface area contributed by atoms with Gasteiger partial charge in [0, 0.05) is 38.6 Å². The van der Waals surface area contributed by atoms with Crippen LogP contribution in [0.25, 0.3) is 0 Å². The summed E-state index contributed by atoms with van der Waals surface area (Å²) in [6, 6.07) is 4.28. The molecule has 1 fully saturated rings. The molecule has 3 nitrogen and oxygen atoms in total. The van der Waals surface area contributed by atoms with E-state index in [1.54, 1.807) is 0 Å². The van der Waals surface area contributed by atoms with Crippen molar-refractivity contribution in [2.45, 2.75) is 32.2 Å². The highest BCUT2D eigenvalue weighted by molar-refractivity contribution is 5.05. The van der Waals surface area contributed by atoms with E-state index in [0.29, 0.717) is 0 Å². The lowest BCUT2D eigenvalue weighted by molar-refractivity contribution is 0.284. The van der Waals surface area contributed by atoms with E-state index >= 15 is 0 Å². The second-order valence-corrected chi connectivity index (χ2v) is 5.04. The van der Waals surface area contributed by atoms with Crippen molar-refractivity contribution in [3.05, 3.63) is 24.0 Å². The lowest BCUT2D eigenvalue weighted by Crippen LogP contribution is -2.32. The van der Waals surface area contributed by atoms with Crippen molar-refractivity contribution in [3.63, 3.8) is 0 Å². The van der Waals surface area contributed by atoms with Crippen molar-refractivity contribution < 1.29 is 0 Å². The number of aromatic nitrogens is 1. The molecule has 0 atom stereocenters. The second kappa shape index (κ2) is 6.82. The zero-order chi connectivity index (χ0) is 11.9. The summed E-state index contributed by atoms with van der Waals surface area (Å²) in [4.78, 5) is 2.60. The van der Waals surface area contributed by atoms with Crippen LogP contribution >= 0.6 is 0 Å². The summed E-state index contributed by atoms with van der Waals surface area (Å²) in [5, 5.41) is 3.53. The maximum absolute atomic E-state index is 3.53. The smallest absolute Gasteiger partial charge is 0.0359 e. The molecule has 1 saturated heterocycles. The summed E-state index contributed by atoms with van der Waals surface area (Å²) in [5.41, 5.74) is 1.36. The summed E-state index contributed by atoms with van der Waals surface area (Å²) < 4.78 is 2.18. The summed E-state index contributed by atoms with van der Waals surface area (Å²) in [6.45, 7) is 5.88. The molecule has 1 N–H and O–H groups in total. The Hall–Kier alpha value is -0.800. The molecular weight excluding hydrogens is 210 g/mol. The van der Waals surface area contributed by atoms with E-state index < -0.39 is 0 Å². The van der Waals surface area contributed by atoms with Gasteiger partial charge in [0.2, 0.25) is 0 Å². The average molecular weight is 235 g/mol. The lowest BCUT2D eigenvalue weighted by atomic mass is 10.2. The molecule has 17 heavy (non-hydrogen) atoms. The van der Waals surface area contributed by atoms with Gasteiger partial charge in [-0.1, -0.05) is 12.8 Å². The average Bonchev–Trinajstić information content (AvgIpc) is 2.60. The molecule has 0 unspecified atom stereocenters. The Labute approximate surface area is 105 Å². The summed E-state index contributed by atoms with van der Waals surface area (Å²) in [7, 11) is 2.10. The minimum absolute atomic E-state index is 0.983. The van der Waals surface area contributed by atoms with Crippen LogP contribution in [0.15, 0.2) is 18.3 Å². The van der Waals surface area contributed by atoms with Gasteiger partial charge in [0.05, 0.1) is 0 Å². The number of nitrogens with zero attached hydrogens (tertiary/aromatic N) is 2. The first kappa shape index (κ1) is 12.7. The Kier molecular flexibility index (Phi) is 5.08. The summed E-state index contributed by atoms with van der Waals surface area (Å²) in [5.74, 6) is 0. The van der Waals surface area contributed by atoms with Crippen LogP contribution in [0, 0.1) is 0 Å². The molecule has 1 aliphatic heterocycles. The van der Waals surface area contributed by atoms with Crippen LogP contribution in [-0.2, 0) is 13.6 Å². The van der Waals surface area contributed by atoms with Crippen LogP contribution < -0.4 is 5.32 Å². The van der Waals surface area contributed by atoms with Gasteiger partial charge in [0.15, 0.2) is 0 Å². The number of hydrogen-bond donors (Lipinski definition) is 1. The molecule has 1 aromatic rings. The first-order valence-electron chi connectivity index (χ1n) is 6.89. The van der Waals surface area contributed by atoms with E-state index in [9.17, 15) is 0 Å². The number of rotatable bonds is 5. The second-order valence-electron chi connectivity index (χ2n) is 5.04. The maximum atomic E-state index is 3.53. The molecule has 3 heteroatoms. The molecule has 0 amide bonds. The zero-order valence-electron chi connectivity index (χ0n) is 11.0. The first-order chi connectivity index (χ1) is 8.36. The Morgan fingerprint density at radius 1 is 1.18 bits per heavy atom. The van der Waals surface area contributed by atoms with Crippen molar-refractivity contribution in [1.29, 1.82) is 0 Å². The van der Waals surface area contributed by atoms with E-state index in [0.717, 1.165) is 13.1 Å². The van der Waals surface area contributed by atoms with Crippen molar-refractivity contribution >= 4 is 0 Å². The van der Waals surface area contributed by atoms with E-state index in [1.165, 1.54) is 51.0 Å². The third-order valence-corrected chi connectivity index (χ3v) is 3.66. The molecule has 0 aromatic carbocycles. The molecule has 96 valence electrons.